The molecule has 0 unspecified atom stereocenters. The molecule has 1 aliphatic heterocycles. The second kappa shape index (κ2) is 12.1. The number of thiazole rings is 1. The first-order valence-corrected chi connectivity index (χ1v) is 16.4. The van der Waals surface area contributed by atoms with E-state index in [1.54, 1.807) is 0 Å². The normalized spacial score (nSPS) is 17.4. The van der Waals surface area contributed by atoms with Gasteiger partial charge in [0, 0.05) is 29.0 Å². The Kier molecular flexibility index (Phi) is 8.31. The predicted octanol–water partition coefficient (Wildman–Crippen LogP) is 7.43. The molecule has 42 heavy (non-hydrogen) atoms. The monoisotopic (exact) mass is 606 g/mol. The third-order valence-electron chi connectivity index (χ3n) is 8.59. The highest BCUT2D eigenvalue weighted by atomic mass is 35.5. The van der Waals surface area contributed by atoms with Crippen molar-refractivity contribution in [2.45, 2.75) is 51.5 Å². The van der Waals surface area contributed by atoms with Gasteiger partial charge in [-0.3, -0.25) is 0 Å². The van der Waals surface area contributed by atoms with Crippen molar-refractivity contribution in [1.82, 2.24) is 0 Å². The Morgan fingerprint density at radius 1 is 0.833 bits per heavy atom. The highest BCUT2D eigenvalue weighted by Crippen LogP contribution is 2.49. The van der Waals surface area contributed by atoms with Crippen LogP contribution in [-0.2, 0) is 6.54 Å². The van der Waals surface area contributed by atoms with Crippen LogP contribution in [-0.4, -0.2) is 6.54 Å². The molecule has 0 fully saturated rings. The van der Waals surface area contributed by atoms with E-state index in [1.807, 2.05) is 23.1 Å². The molecule has 0 radical (unpaired) electrons. The molecule has 0 N–H and O–H groups in total. The second-order valence-electron chi connectivity index (χ2n) is 10.8. The van der Waals surface area contributed by atoms with E-state index >= 15 is 0 Å². The lowest BCUT2D eigenvalue weighted by molar-refractivity contribution is -0.665. The Labute approximate surface area is 263 Å². The summed E-state index contributed by atoms with van der Waals surface area (Å²) in [6.07, 6.45) is 13.0. The van der Waals surface area contributed by atoms with Gasteiger partial charge >= 0.3 is 0 Å². The van der Waals surface area contributed by atoms with Crippen LogP contribution in [0, 0.1) is 0 Å². The zero-order valence-electron chi connectivity index (χ0n) is 24.4. The number of thioether (sulfide) groups is 1. The third kappa shape index (κ3) is 5.00. The number of nitrogens with zero attached hydrogens (tertiary/aromatic N) is 2. The molecule has 2 aliphatic rings. The largest absolute Gasteiger partial charge is 1.00 e. The van der Waals surface area contributed by atoms with Crippen LogP contribution in [0.4, 0.5) is 5.69 Å². The van der Waals surface area contributed by atoms with Gasteiger partial charge in [0.1, 0.15) is 11.2 Å². The van der Waals surface area contributed by atoms with Crippen molar-refractivity contribution in [3.8, 4) is 0 Å². The van der Waals surface area contributed by atoms with Crippen LogP contribution in [0.25, 0.3) is 37.8 Å². The lowest BCUT2D eigenvalue weighted by atomic mass is 9.88. The van der Waals surface area contributed by atoms with Gasteiger partial charge in [-0.15, -0.1) is 0 Å². The van der Waals surface area contributed by atoms with Crippen molar-refractivity contribution in [2.75, 3.05) is 11.4 Å². The van der Waals surface area contributed by atoms with E-state index in [-0.39, 0.29) is 12.4 Å². The summed E-state index contributed by atoms with van der Waals surface area (Å²) in [4.78, 5) is 3.84. The van der Waals surface area contributed by atoms with Crippen LogP contribution in [0.15, 0.2) is 118 Å². The van der Waals surface area contributed by atoms with Gasteiger partial charge in [0.15, 0.2) is 0 Å². The smallest absolute Gasteiger partial charge is 0.262 e. The summed E-state index contributed by atoms with van der Waals surface area (Å²) in [6.45, 7) is 8.76. The van der Waals surface area contributed by atoms with Crippen LogP contribution in [0.1, 0.15) is 45.0 Å². The molecule has 0 amide bonds. The van der Waals surface area contributed by atoms with E-state index in [4.69, 9.17) is 0 Å². The Bertz CT molecular complexity index is 1940. The minimum absolute atomic E-state index is 0. The number of allylic oxidation sites excluding steroid dienone is 6. The summed E-state index contributed by atoms with van der Waals surface area (Å²) in [5.74, 6) is 0. The second-order valence-corrected chi connectivity index (χ2v) is 12.9. The van der Waals surface area contributed by atoms with E-state index in [1.165, 1.54) is 75.5 Å². The average Bonchev–Trinajstić information content (AvgIpc) is 3.57. The molecule has 5 aromatic rings. The topological polar surface area (TPSA) is 7.12 Å². The van der Waals surface area contributed by atoms with Crippen molar-refractivity contribution in [2.24, 2.45) is 0 Å². The average molecular weight is 607 g/mol. The number of hydrogen-bond donors (Lipinski definition) is 0. The molecule has 212 valence electrons. The number of benzene rings is 4. The first-order valence-electron chi connectivity index (χ1n) is 14.8. The zero-order valence-corrected chi connectivity index (χ0v) is 26.8. The maximum Gasteiger partial charge on any atom is 0.262 e. The predicted molar refractivity (Wildman–Crippen MR) is 180 cm³/mol. The summed E-state index contributed by atoms with van der Waals surface area (Å²) >= 11 is 3.83. The molecule has 0 bridgehead atoms. The fraction of sp³-hybridized carbons (Fsp3) is 0.216. The van der Waals surface area contributed by atoms with Crippen molar-refractivity contribution in [1.29, 1.82) is 0 Å². The Hall–Kier alpha value is -3.31. The van der Waals surface area contributed by atoms with Crippen LogP contribution >= 0.6 is 23.1 Å². The molecule has 4 aromatic carbocycles. The molecule has 0 saturated heterocycles. The van der Waals surface area contributed by atoms with Gasteiger partial charge in [-0.05, 0) is 91.1 Å². The number of aryl methyl sites for hydroxylation is 1. The molecule has 2 heterocycles. The summed E-state index contributed by atoms with van der Waals surface area (Å²) in [6, 6.07) is 26.6. The molecular weight excluding hydrogens is 572 g/mol. The highest BCUT2D eigenvalue weighted by Gasteiger charge is 2.25. The quantitative estimate of drug-likeness (QED) is 0.192. The van der Waals surface area contributed by atoms with E-state index in [9.17, 15) is 0 Å². The molecule has 0 spiro atoms. The number of aromatic nitrogens is 1. The van der Waals surface area contributed by atoms with Gasteiger partial charge in [-0.2, -0.15) is 4.57 Å². The number of fused-ring (bicyclic) bond motifs is 6. The van der Waals surface area contributed by atoms with Crippen molar-refractivity contribution in [3.63, 3.8) is 0 Å². The maximum absolute atomic E-state index is 2.46. The van der Waals surface area contributed by atoms with Gasteiger partial charge in [0.25, 0.3) is 5.01 Å². The minimum Gasteiger partial charge on any atom is -1.00 e. The maximum atomic E-state index is 2.46. The van der Waals surface area contributed by atoms with Crippen LogP contribution < -0.4 is 21.9 Å². The third-order valence-corrected chi connectivity index (χ3v) is 11.0. The van der Waals surface area contributed by atoms with Gasteiger partial charge in [0.2, 0.25) is 5.52 Å². The molecule has 1 aromatic heterocycles. The number of hydrogen-bond acceptors (Lipinski definition) is 3. The molecule has 7 rings (SSSR count). The molecule has 0 saturated carbocycles. The fourth-order valence-electron chi connectivity index (χ4n) is 6.37. The van der Waals surface area contributed by atoms with Crippen molar-refractivity contribution >= 4 is 66.6 Å². The lowest BCUT2D eigenvalue weighted by Gasteiger charge is -2.20. The fourth-order valence-corrected chi connectivity index (χ4v) is 8.89. The summed E-state index contributed by atoms with van der Waals surface area (Å²) < 4.78 is 3.84. The Balaban J connectivity index is 0.00000316. The van der Waals surface area contributed by atoms with Crippen LogP contribution in [0.5, 0.6) is 0 Å². The Morgan fingerprint density at radius 2 is 1.57 bits per heavy atom. The van der Waals surface area contributed by atoms with Crippen molar-refractivity contribution in [3.05, 3.63) is 118 Å². The molecular formula is C37H35ClN2S2. The molecule has 0 atom stereocenters. The van der Waals surface area contributed by atoms with E-state index in [0.29, 0.717) is 0 Å². The van der Waals surface area contributed by atoms with E-state index in [2.05, 4.69) is 127 Å². The van der Waals surface area contributed by atoms with Gasteiger partial charge in [-0.25, -0.2) is 0 Å². The standard InChI is InChI=1S/C37H35N2S2.ClH/c1-4-38-32-21-17-28-11-6-8-15-30(28)36(32)40-34(38)23-19-26-13-10-14-27(25(26)3)20-24-35-39(5-2)33-22-18-29-12-7-9-16-31(29)37(33)41-35;/h6-9,11-12,15-24H,4-5,10,13-14H2,1-3H3;1H/q+1;/p-1. The number of anilines is 1. The Morgan fingerprint density at radius 3 is 2.36 bits per heavy atom. The highest BCUT2D eigenvalue weighted by molar-refractivity contribution is 8.04. The van der Waals surface area contributed by atoms with Crippen molar-refractivity contribution < 1.29 is 17.0 Å². The summed E-state index contributed by atoms with van der Waals surface area (Å²) in [5.41, 5.74) is 7.03. The molecule has 1 aliphatic carbocycles. The SMILES string of the molecule is CCN1/C(=C/C=C2\CCCC(/C=C/c3sc4c5ccccc5ccc4[n+]3CC)=C2C)Sc2c1ccc1ccccc21.[Cl-]. The first kappa shape index (κ1) is 28.8. The zero-order chi connectivity index (χ0) is 27.9. The summed E-state index contributed by atoms with van der Waals surface area (Å²) in [7, 11) is 0. The van der Waals surface area contributed by atoms with Crippen LogP contribution in [0.2, 0.25) is 0 Å². The first-order chi connectivity index (χ1) is 20.2. The molecule has 5 heteroatoms. The van der Waals surface area contributed by atoms with Gasteiger partial charge in [-0.1, -0.05) is 89.8 Å². The minimum atomic E-state index is 0. The van der Waals surface area contributed by atoms with Gasteiger partial charge < -0.3 is 17.3 Å². The van der Waals surface area contributed by atoms with E-state index in [0.717, 1.165) is 25.9 Å². The lowest BCUT2D eigenvalue weighted by Crippen LogP contribution is -3.00. The number of rotatable bonds is 5. The molecule has 2 nitrogen and oxygen atoms in total. The number of halogens is 1. The summed E-state index contributed by atoms with van der Waals surface area (Å²) in [5, 5.41) is 7.97. The van der Waals surface area contributed by atoms with Crippen LogP contribution in [0.3, 0.4) is 0 Å². The van der Waals surface area contributed by atoms with E-state index < -0.39 is 0 Å². The van der Waals surface area contributed by atoms with Gasteiger partial charge in [0.05, 0.1) is 10.7 Å².